The number of anilines is 1. The molecule has 3 aromatic carbocycles. The van der Waals surface area contributed by atoms with E-state index >= 15 is 0 Å². The minimum atomic E-state index is -0.267. The van der Waals surface area contributed by atoms with Crippen LogP contribution in [-0.2, 0) is 0 Å². The molecule has 0 saturated heterocycles. The van der Waals surface area contributed by atoms with Crippen molar-refractivity contribution in [2.75, 3.05) is 18.4 Å². The first kappa shape index (κ1) is 21.1. The lowest BCUT2D eigenvalue weighted by molar-refractivity contribution is 0.0927. The monoisotopic (exact) mass is 421 g/mol. The van der Waals surface area contributed by atoms with Gasteiger partial charge in [0, 0.05) is 40.5 Å². The summed E-state index contributed by atoms with van der Waals surface area (Å²) < 4.78 is 0. The molecular formula is C23H20ClN3O3. The van der Waals surface area contributed by atoms with Crippen LogP contribution in [0, 0.1) is 0 Å². The summed E-state index contributed by atoms with van der Waals surface area (Å²) >= 11 is 5.80. The molecule has 0 aliphatic heterocycles. The van der Waals surface area contributed by atoms with Crippen LogP contribution >= 0.6 is 11.6 Å². The number of rotatable bonds is 7. The zero-order valence-electron chi connectivity index (χ0n) is 16.0. The first-order chi connectivity index (χ1) is 14.5. The van der Waals surface area contributed by atoms with E-state index in [1.54, 1.807) is 72.8 Å². The molecule has 0 spiro atoms. The summed E-state index contributed by atoms with van der Waals surface area (Å²) in [6.45, 7) is 0.572. The molecule has 3 N–H and O–H groups in total. The van der Waals surface area contributed by atoms with Gasteiger partial charge in [0.15, 0.2) is 0 Å². The molecule has 30 heavy (non-hydrogen) atoms. The summed E-state index contributed by atoms with van der Waals surface area (Å²) in [5, 5.41) is 8.81. The Labute approximate surface area is 179 Å². The summed E-state index contributed by atoms with van der Waals surface area (Å²) in [4.78, 5) is 36.4. The Kier molecular flexibility index (Phi) is 7.19. The van der Waals surface area contributed by atoms with E-state index < -0.39 is 0 Å². The average Bonchev–Trinajstić information content (AvgIpc) is 2.78. The third kappa shape index (κ3) is 5.93. The van der Waals surface area contributed by atoms with Crippen molar-refractivity contribution in [3.63, 3.8) is 0 Å². The lowest BCUT2D eigenvalue weighted by Gasteiger charge is -2.09. The summed E-state index contributed by atoms with van der Waals surface area (Å²) in [5.74, 6) is -0.722. The molecular weight excluding hydrogens is 402 g/mol. The maximum atomic E-state index is 12.2. The van der Waals surface area contributed by atoms with Gasteiger partial charge >= 0.3 is 0 Å². The van der Waals surface area contributed by atoms with Gasteiger partial charge < -0.3 is 16.0 Å². The first-order valence-corrected chi connectivity index (χ1v) is 9.69. The topological polar surface area (TPSA) is 87.3 Å². The van der Waals surface area contributed by atoms with E-state index in [-0.39, 0.29) is 24.3 Å². The summed E-state index contributed by atoms with van der Waals surface area (Å²) in [7, 11) is 0. The van der Waals surface area contributed by atoms with Gasteiger partial charge in [0.25, 0.3) is 17.7 Å². The van der Waals surface area contributed by atoms with Crippen molar-refractivity contribution in [1.29, 1.82) is 0 Å². The van der Waals surface area contributed by atoms with Crippen molar-refractivity contribution in [2.24, 2.45) is 0 Å². The Morgan fingerprint density at radius 3 is 1.60 bits per heavy atom. The highest BCUT2D eigenvalue weighted by molar-refractivity contribution is 6.30. The highest BCUT2D eigenvalue weighted by Gasteiger charge is 2.08. The minimum Gasteiger partial charge on any atom is -0.350 e. The SMILES string of the molecule is O=C(NCCNC(=O)c1ccc(NC(=O)c2ccccc2)cc1)c1ccc(Cl)cc1. The van der Waals surface area contributed by atoms with Crippen LogP contribution in [0.25, 0.3) is 0 Å². The smallest absolute Gasteiger partial charge is 0.255 e. The Morgan fingerprint density at radius 1 is 0.600 bits per heavy atom. The Bertz CT molecular complexity index is 1020. The van der Waals surface area contributed by atoms with Gasteiger partial charge in [-0.3, -0.25) is 14.4 Å². The van der Waals surface area contributed by atoms with Crippen LogP contribution in [0.5, 0.6) is 0 Å². The zero-order valence-corrected chi connectivity index (χ0v) is 16.8. The predicted octanol–water partition coefficient (Wildman–Crippen LogP) is 3.75. The molecule has 3 rings (SSSR count). The van der Waals surface area contributed by atoms with Crippen molar-refractivity contribution in [3.8, 4) is 0 Å². The van der Waals surface area contributed by atoms with Crippen LogP contribution < -0.4 is 16.0 Å². The Balaban J connectivity index is 1.43. The molecule has 152 valence electrons. The minimum absolute atomic E-state index is 0.218. The van der Waals surface area contributed by atoms with Crippen LogP contribution in [0.3, 0.4) is 0 Å². The van der Waals surface area contributed by atoms with Gasteiger partial charge in [-0.15, -0.1) is 0 Å². The molecule has 3 amide bonds. The predicted molar refractivity (Wildman–Crippen MR) is 117 cm³/mol. The third-order valence-electron chi connectivity index (χ3n) is 4.24. The lowest BCUT2D eigenvalue weighted by atomic mass is 10.1. The molecule has 0 aliphatic carbocycles. The number of benzene rings is 3. The molecule has 0 aliphatic rings. The molecule has 3 aromatic rings. The van der Waals surface area contributed by atoms with E-state index in [1.807, 2.05) is 6.07 Å². The zero-order chi connectivity index (χ0) is 21.3. The number of hydrogen-bond acceptors (Lipinski definition) is 3. The second-order valence-electron chi connectivity index (χ2n) is 6.42. The number of nitrogens with one attached hydrogen (secondary N) is 3. The fraction of sp³-hybridized carbons (Fsp3) is 0.0870. The molecule has 0 aromatic heterocycles. The second kappa shape index (κ2) is 10.2. The van der Waals surface area contributed by atoms with Gasteiger partial charge in [0.05, 0.1) is 0 Å². The summed E-state index contributed by atoms with van der Waals surface area (Å²) in [6.07, 6.45) is 0. The van der Waals surface area contributed by atoms with Gasteiger partial charge in [0.1, 0.15) is 0 Å². The van der Waals surface area contributed by atoms with E-state index in [2.05, 4.69) is 16.0 Å². The van der Waals surface area contributed by atoms with Crippen LogP contribution in [0.15, 0.2) is 78.9 Å². The normalized spacial score (nSPS) is 10.2. The molecule has 0 unspecified atom stereocenters. The number of carbonyl (C=O) groups excluding carboxylic acids is 3. The fourth-order valence-electron chi connectivity index (χ4n) is 2.66. The standard InChI is InChI=1S/C23H20ClN3O3/c24-19-10-6-17(7-11-19)21(28)25-14-15-26-22(29)18-8-12-20(13-9-18)27-23(30)16-4-2-1-3-5-16/h1-13H,14-15H2,(H,25,28)(H,26,29)(H,27,30). The van der Waals surface area contributed by atoms with Crippen molar-refractivity contribution < 1.29 is 14.4 Å². The number of halogens is 1. The molecule has 6 nitrogen and oxygen atoms in total. The van der Waals surface area contributed by atoms with Gasteiger partial charge in [-0.2, -0.15) is 0 Å². The fourth-order valence-corrected chi connectivity index (χ4v) is 2.78. The van der Waals surface area contributed by atoms with E-state index in [4.69, 9.17) is 11.6 Å². The van der Waals surface area contributed by atoms with Gasteiger partial charge in [0.2, 0.25) is 0 Å². The molecule has 0 heterocycles. The average molecular weight is 422 g/mol. The molecule has 0 saturated carbocycles. The Hall–Kier alpha value is -3.64. The maximum absolute atomic E-state index is 12.2. The first-order valence-electron chi connectivity index (χ1n) is 9.31. The second-order valence-corrected chi connectivity index (χ2v) is 6.85. The van der Waals surface area contributed by atoms with Crippen LogP contribution in [-0.4, -0.2) is 30.8 Å². The Morgan fingerprint density at radius 2 is 1.07 bits per heavy atom. The van der Waals surface area contributed by atoms with Crippen molar-refractivity contribution in [3.05, 3.63) is 101 Å². The quantitative estimate of drug-likeness (QED) is 0.508. The van der Waals surface area contributed by atoms with E-state index in [0.717, 1.165) is 0 Å². The third-order valence-corrected chi connectivity index (χ3v) is 4.50. The molecule has 0 bridgehead atoms. The van der Waals surface area contributed by atoms with Gasteiger partial charge in [-0.05, 0) is 60.7 Å². The number of carbonyl (C=O) groups is 3. The van der Waals surface area contributed by atoms with Crippen LogP contribution in [0.4, 0.5) is 5.69 Å². The van der Waals surface area contributed by atoms with Gasteiger partial charge in [-0.1, -0.05) is 29.8 Å². The lowest BCUT2D eigenvalue weighted by Crippen LogP contribution is -2.34. The van der Waals surface area contributed by atoms with Crippen molar-refractivity contribution in [2.45, 2.75) is 0 Å². The van der Waals surface area contributed by atoms with Crippen LogP contribution in [0.1, 0.15) is 31.1 Å². The summed E-state index contributed by atoms with van der Waals surface area (Å²) in [5.41, 5.74) is 2.10. The highest BCUT2D eigenvalue weighted by Crippen LogP contribution is 2.12. The molecule has 0 radical (unpaired) electrons. The largest absolute Gasteiger partial charge is 0.350 e. The van der Waals surface area contributed by atoms with Crippen LogP contribution in [0.2, 0.25) is 5.02 Å². The number of hydrogen-bond donors (Lipinski definition) is 3. The summed E-state index contributed by atoms with van der Waals surface area (Å²) in [6, 6.07) is 22.0. The molecule has 0 atom stereocenters. The maximum Gasteiger partial charge on any atom is 0.255 e. The van der Waals surface area contributed by atoms with E-state index in [9.17, 15) is 14.4 Å². The number of amides is 3. The molecule has 0 fully saturated rings. The van der Waals surface area contributed by atoms with Gasteiger partial charge in [-0.25, -0.2) is 0 Å². The molecule has 7 heteroatoms. The van der Waals surface area contributed by atoms with Crippen molar-refractivity contribution >= 4 is 35.0 Å². The van der Waals surface area contributed by atoms with Crippen molar-refractivity contribution in [1.82, 2.24) is 10.6 Å². The highest BCUT2D eigenvalue weighted by atomic mass is 35.5. The van der Waals surface area contributed by atoms with E-state index in [1.165, 1.54) is 0 Å². The van der Waals surface area contributed by atoms with E-state index in [0.29, 0.717) is 33.9 Å².